The van der Waals surface area contributed by atoms with Gasteiger partial charge in [0.15, 0.2) is 16.7 Å². The van der Waals surface area contributed by atoms with Crippen LogP contribution in [-0.2, 0) is 6.54 Å². The molecule has 1 heterocycles. The summed E-state index contributed by atoms with van der Waals surface area (Å²) in [6.45, 7) is 0.551. The van der Waals surface area contributed by atoms with Crippen molar-refractivity contribution in [3.8, 4) is 11.8 Å². The lowest BCUT2D eigenvalue weighted by Gasteiger charge is -2.10. The highest BCUT2D eigenvalue weighted by atomic mass is 35.5. The summed E-state index contributed by atoms with van der Waals surface area (Å²) in [5.74, 6) is 0.949. The SMILES string of the molecule is COc1c(Cl)ncnc1NCc1ccc(C#N)cc1. The van der Waals surface area contributed by atoms with Crippen molar-refractivity contribution in [1.82, 2.24) is 9.97 Å². The Morgan fingerprint density at radius 3 is 2.68 bits per heavy atom. The van der Waals surface area contributed by atoms with Gasteiger partial charge in [0.05, 0.1) is 18.7 Å². The maximum atomic E-state index is 8.72. The van der Waals surface area contributed by atoms with Crippen LogP contribution in [0.15, 0.2) is 30.6 Å². The highest BCUT2D eigenvalue weighted by molar-refractivity contribution is 6.31. The average Bonchev–Trinajstić information content (AvgIpc) is 2.45. The van der Waals surface area contributed by atoms with Gasteiger partial charge in [0, 0.05) is 6.54 Å². The van der Waals surface area contributed by atoms with Crippen molar-refractivity contribution < 1.29 is 4.74 Å². The molecule has 19 heavy (non-hydrogen) atoms. The molecule has 0 bridgehead atoms. The van der Waals surface area contributed by atoms with E-state index in [1.54, 1.807) is 12.1 Å². The summed E-state index contributed by atoms with van der Waals surface area (Å²) in [6, 6.07) is 9.36. The number of aromatic nitrogens is 2. The smallest absolute Gasteiger partial charge is 0.198 e. The second-order valence-electron chi connectivity index (χ2n) is 3.71. The molecule has 6 heteroatoms. The number of hydrogen-bond acceptors (Lipinski definition) is 5. The maximum Gasteiger partial charge on any atom is 0.198 e. The molecule has 0 radical (unpaired) electrons. The van der Waals surface area contributed by atoms with Crippen LogP contribution in [0.25, 0.3) is 0 Å². The van der Waals surface area contributed by atoms with Gasteiger partial charge in [0.25, 0.3) is 0 Å². The molecule has 0 atom stereocenters. The molecule has 0 spiro atoms. The summed E-state index contributed by atoms with van der Waals surface area (Å²) in [5, 5.41) is 12.1. The van der Waals surface area contributed by atoms with E-state index in [9.17, 15) is 0 Å². The van der Waals surface area contributed by atoms with Crippen molar-refractivity contribution >= 4 is 17.4 Å². The predicted molar refractivity (Wildman–Crippen MR) is 72.1 cm³/mol. The second-order valence-corrected chi connectivity index (χ2v) is 4.07. The lowest BCUT2D eigenvalue weighted by molar-refractivity contribution is 0.413. The van der Waals surface area contributed by atoms with E-state index in [4.69, 9.17) is 21.6 Å². The standard InChI is InChI=1S/C13H11ClN4O/c1-19-11-12(14)17-8-18-13(11)16-7-10-4-2-9(6-15)3-5-10/h2-5,8H,7H2,1H3,(H,16,17,18). The Bertz CT molecular complexity index is 607. The van der Waals surface area contributed by atoms with Gasteiger partial charge >= 0.3 is 0 Å². The average molecular weight is 275 g/mol. The summed E-state index contributed by atoms with van der Waals surface area (Å²) >= 11 is 5.90. The van der Waals surface area contributed by atoms with Crippen LogP contribution in [0.5, 0.6) is 5.75 Å². The Labute approximate surface area is 115 Å². The van der Waals surface area contributed by atoms with E-state index < -0.39 is 0 Å². The Kier molecular flexibility index (Phi) is 4.16. The Morgan fingerprint density at radius 1 is 1.32 bits per heavy atom. The van der Waals surface area contributed by atoms with Crippen molar-refractivity contribution in [3.05, 3.63) is 46.9 Å². The third-order valence-electron chi connectivity index (χ3n) is 2.51. The zero-order valence-corrected chi connectivity index (χ0v) is 11.0. The molecule has 2 aromatic rings. The van der Waals surface area contributed by atoms with Gasteiger partial charge in [-0.2, -0.15) is 5.26 Å². The molecule has 5 nitrogen and oxygen atoms in total. The lowest BCUT2D eigenvalue weighted by atomic mass is 10.1. The van der Waals surface area contributed by atoms with Crippen LogP contribution in [0.3, 0.4) is 0 Å². The molecule has 0 saturated heterocycles. The van der Waals surface area contributed by atoms with E-state index in [0.717, 1.165) is 5.56 Å². The Hall–Kier alpha value is -2.32. The van der Waals surface area contributed by atoms with Crippen molar-refractivity contribution in [1.29, 1.82) is 5.26 Å². The van der Waals surface area contributed by atoms with Gasteiger partial charge in [-0.3, -0.25) is 0 Å². The molecular formula is C13H11ClN4O. The molecule has 96 valence electrons. The van der Waals surface area contributed by atoms with Gasteiger partial charge in [-0.05, 0) is 17.7 Å². The number of rotatable bonds is 4. The first-order valence-corrected chi connectivity index (χ1v) is 5.90. The Balaban J connectivity index is 2.10. The van der Waals surface area contributed by atoms with Gasteiger partial charge in [0.2, 0.25) is 0 Å². The fourth-order valence-corrected chi connectivity index (χ4v) is 1.75. The van der Waals surface area contributed by atoms with Gasteiger partial charge in [0.1, 0.15) is 6.33 Å². The largest absolute Gasteiger partial charge is 0.490 e. The monoisotopic (exact) mass is 274 g/mol. The zero-order valence-electron chi connectivity index (χ0n) is 10.2. The van der Waals surface area contributed by atoms with Gasteiger partial charge in [-0.1, -0.05) is 23.7 Å². The topological polar surface area (TPSA) is 70.8 Å². The van der Waals surface area contributed by atoms with Crippen LogP contribution < -0.4 is 10.1 Å². The predicted octanol–water partition coefficient (Wildman–Crippen LogP) is 2.62. The molecule has 1 N–H and O–H groups in total. The third-order valence-corrected chi connectivity index (χ3v) is 2.78. The molecule has 0 aliphatic rings. The summed E-state index contributed by atoms with van der Waals surface area (Å²) < 4.78 is 5.14. The van der Waals surface area contributed by atoms with Crippen LogP contribution in [0, 0.1) is 11.3 Å². The van der Waals surface area contributed by atoms with Crippen molar-refractivity contribution in [2.45, 2.75) is 6.54 Å². The van der Waals surface area contributed by atoms with Crippen molar-refractivity contribution in [3.63, 3.8) is 0 Å². The summed E-state index contributed by atoms with van der Waals surface area (Å²) in [7, 11) is 1.51. The number of nitriles is 1. The number of ether oxygens (including phenoxy) is 1. The molecule has 1 aromatic carbocycles. The minimum Gasteiger partial charge on any atom is -0.490 e. The summed E-state index contributed by atoms with van der Waals surface area (Å²) in [4.78, 5) is 7.92. The van der Waals surface area contributed by atoms with E-state index in [2.05, 4.69) is 21.4 Å². The fourth-order valence-electron chi connectivity index (χ4n) is 1.54. The minimum absolute atomic E-state index is 0.264. The number of nitrogens with one attached hydrogen (secondary N) is 1. The maximum absolute atomic E-state index is 8.72. The molecular weight excluding hydrogens is 264 g/mol. The number of anilines is 1. The van der Waals surface area contributed by atoms with Gasteiger partial charge in [-0.25, -0.2) is 9.97 Å². The zero-order chi connectivity index (χ0) is 13.7. The van der Waals surface area contributed by atoms with E-state index in [1.807, 2.05) is 12.1 Å². The van der Waals surface area contributed by atoms with Crippen molar-refractivity contribution in [2.24, 2.45) is 0 Å². The quantitative estimate of drug-likeness (QED) is 0.868. The first-order chi connectivity index (χ1) is 9.24. The number of hydrogen-bond donors (Lipinski definition) is 1. The van der Waals surface area contributed by atoms with E-state index in [0.29, 0.717) is 23.7 Å². The van der Waals surface area contributed by atoms with Crippen LogP contribution in [0.2, 0.25) is 5.15 Å². The first-order valence-electron chi connectivity index (χ1n) is 5.52. The number of halogens is 1. The first kappa shape index (κ1) is 13.1. The van der Waals surface area contributed by atoms with Crippen molar-refractivity contribution in [2.75, 3.05) is 12.4 Å². The van der Waals surface area contributed by atoms with E-state index in [-0.39, 0.29) is 5.15 Å². The van der Waals surface area contributed by atoms with Gasteiger partial charge in [-0.15, -0.1) is 0 Å². The second kappa shape index (κ2) is 6.03. The molecule has 2 rings (SSSR count). The minimum atomic E-state index is 0.264. The number of benzene rings is 1. The van der Waals surface area contributed by atoms with Crippen LogP contribution in [-0.4, -0.2) is 17.1 Å². The lowest BCUT2D eigenvalue weighted by Crippen LogP contribution is -2.04. The van der Waals surface area contributed by atoms with E-state index in [1.165, 1.54) is 13.4 Å². The van der Waals surface area contributed by atoms with Gasteiger partial charge < -0.3 is 10.1 Å². The summed E-state index contributed by atoms with van der Waals surface area (Å²) in [6.07, 6.45) is 1.37. The fraction of sp³-hybridized carbons (Fsp3) is 0.154. The van der Waals surface area contributed by atoms with Crippen LogP contribution in [0.1, 0.15) is 11.1 Å². The van der Waals surface area contributed by atoms with Crippen LogP contribution in [0.4, 0.5) is 5.82 Å². The molecule has 1 aromatic heterocycles. The molecule has 0 saturated carbocycles. The molecule has 0 unspecified atom stereocenters. The third kappa shape index (κ3) is 3.12. The molecule has 0 aliphatic heterocycles. The normalized spacial score (nSPS) is 9.74. The van der Waals surface area contributed by atoms with Crippen LogP contribution >= 0.6 is 11.6 Å². The summed E-state index contributed by atoms with van der Waals surface area (Å²) in [5.41, 5.74) is 1.65. The highest BCUT2D eigenvalue weighted by Crippen LogP contribution is 2.28. The number of methoxy groups -OCH3 is 1. The molecule has 0 fully saturated rings. The highest BCUT2D eigenvalue weighted by Gasteiger charge is 2.09. The Morgan fingerprint density at radius 2 is 2.05 bits per heavy atom. The number of nitrogens with zero attached hydrogens (tertiary/aromatic N) is 3. The molecule has 0 amide bonds. The molecule has 0 aliphatic carbocycles. The van der Waals surface area contributed by atoms with E-state index >= 15 is 0 Å².